The number of aliphatic hydroxyl groups excluding tert-OH is 1. The maximum absolute atomic E-state index is 11.7. The van der Waals surface area contributed by atoms with Gasteiger partial charge in [0.2, 0.25) is 5.91 Å². The van der Waals surface area contributed by atoms with Crippen molar-refractivity contribution in [2.24, 2.45) is 5.92 Å². The molecule has 0 aliphatic heterocycles. The molecule has 0 heterocycles. The predicted molar refractivity (Wildman–Crippen MR) is 81.2 cm³/mol. The lowest BCUT2D eigenvalue weighted by Crippen LogP contribution is -2.42. The van der Waals surface area contributed by atoms with E-state index >= 15 is 0 Å². The second kappa shape index (κ2) is 8.23. The van der Waals surface area contributed by atoms with Crippen molar-refractivity contribution in [3.05, 3.63) is 35.4 Å². The van der Waals surface area contributed by atoms with Gasteiger partial charge in [0.05, 0.1) is 18.4 Å². The molecule has 4 heteroatoms. The van der Waals surface area contributed by atoms with Crippen molar-refractivity contribution in [2.45, 2.75) is 32.6 Å². The van der Waals surface area contributed by atoms with E-state index in [1.807, 2.05) is 13.8 Å². The monoisotopic (exact) mass is 281 g/mol. The van der Waals surface area contributed by atoms with Crippen LogP contribution in [0.25, 0.3) is 0 Å². The van der Waals surface area contributed by atoms with Gasteiger partial charge < -0.3 is 10.4 Å². The summed E-state index contributed by atoms with van der Waals surface area (Å²) in [5.41, 5.74) is 2.47. The fraction of sp³-hybridized carbons (Fsp3) is 0.533. The molecule has 1 amide bonds. The third-order valence-electron chi connectivity index (χ3n) is 2.97. The molecule has 0 bridgehead atoms. The number of amides is 1. The van der Waals surface area contributed by atoms with E-state index in [1.54, 1.807) is 11.8 Å². The fourth-order valence-electron chi connectivity index (χ4n) is 1.62. The standard InChI is InChI=1S/C15H23NO2S/c1-11(2)14(8-17)16-15(18)10-19-9-13-6-4-12(3)5-7-13/h4-7,11,14,17H,8-10H2,1-3H3,(H,16,18)/t14-/m1/s1. The molecule has 1 aromatic carbocycles. The minimum absolute atomic E-state index is 0.00790. The highest BCUT2D eigenvalue weighted by atomic mass is 32.2. The van der Waals surface area contributed by atoms with Crippen molar-refractivity contribution in [1.29, 1.82) is 0 Å². The van der Waals surface area contributed by atoms with E-state index in [-0.39, 0.29) is 24.5 Å². The first-order valence-electron chi connectivity index (χ1n) is 6.56. The lowest BCUT2D eigenvalue weighted by atomic mass is 10.1. The first-order valence-corrected chi connectivity index (χ1v) is 7.72. The minimum Gasteiger partial charge on any atom is -0.394 e. The van der Waals surface area contributed by atoms with Gasteiger partial charge in [0.25, 0.3) is 0 Å². The van der Waals surface area contributed by atoms with Crippen molar-refractivity contribution < 1.29 is 9.90 Å². The molecule has 0 unspecified atom stereocenters. The van der Waals surface area contributed by atoms with Crippen molar-refractivity contribution >= 4 is 17.7 Å². The zero-order valence-electron chi connectivity index (χ0n) is 11.8. The van der Waals surface area contributed by atoms with Crippen LogP contribution in [0, 0.1) is 12.8 Å². The van der Waals surface area contributed by atoms with E-state index in [0.29, 0.717) is 5.75 Å². The van der Waals surface area contributed by atoms with E-state index < -0.39 is 0 Å². The number of thioether (sulfide) groups is 1. The maximum Gasteiger partial charge on any atom is 0.230 e. The smallest absolute Gasteiger partial charge is 0.230 e. The number of benzene rings is 1. The average molecular weight is 281 g/mol. The number of rotatable bonds is 7. The van der Waals surface area contributed by atoms with Gasteiger partial charge in [0.15, 0.2) is 0 Å². The molecule has 1 rings (SSSR count). The summed E-state index contributed by atoms with van der Waals surface area (Å²) in [7, 11) is 0. The van der Waals surface area contributed by atoms with E-state index in [0.717, 1.165) is 5.75 Å². The Morgan fingerprint density at radius 2 is 1.95 bits per heavy atom. The highest BCUT2D eigenvalue weighted by Gasteiger charge is 2.14. The molecule has 0 aliphatic carbocycles. The zero-order valence-corrected chi connectivity index (χ0v) is 12.7. The molecule has 19 heavy (non-hydrogen) atoms. The molecule has 3 nitrogen and oxygen atoms in total. The molecule has 0 aromatic heterocycles. The lowest BCUT2D eigenvalue weighted by molar-refractivity contribution is -0.119. The van der Waals surface area contributed by atoms with E-state index in [2.05, 4.69) is 36.5 Å². The van der Waals surface area contributed by atoms with Crippen LogP contribution in [0.4, 0.5) is 0 Å². The minimum atomic E-state index is -0.146. The van der Waals surface area contributed by atoms with Gasteiger partial charge in [-0.25, -0.2) is 0 Å². The Morgan fingerprint density at radius 3 is 2.47 bits per heavy atom. The first kappa shape index (κ1) is 16.1. The second-order valence-corrected chi connectivity index (χ2v) is 6.06. The number of hydrogen-bond acceptors (Lipinski definition) is 3. The summed E-state index contributed by atoms with van der Waals surface area (Å²) in [6.45, 7) is 6.03. The molecule has 106 valence electrons. The van der Waals surface area contributed by atoms with Gasteiger partial charge in [-0.2, -0.15) is 0 Å². The highest BCUT2D eigenvalue weighted by Crippen LogP contribution is 2.13. The van der Waals surface area contributed by atoms with Gasteiger partial charge in [-0.3, -0.25) is 4.79 Å². The Kier molecular flexibility index (Phi) is 6.95. The van der Waals surface area contributed by atoms with Crippen LogP contribution in [-0.2, 0) is 10.5 Å². The van der Waals surface area contributed by atoms with Crippen LogP contribution in [0.3, 0.4) is 0 Å². The summed E-state index contributed by atoms with van der Waals surface area (Å²) in [6.07, 6.45) is 0. The van der Waals surface area contributed by atoms with E-state index in [1.165, 1.54) is 11.1 Å². The number of carbonyl (C=O) groups is 1. The summed E-state index contributed by atoms with van der Waals surface area (Å²) in [4.78, 5) is 11.7. The quantitative estimate of drug-likeness (QED) is 0.806. The van der Waals surface area contributed by atoms with E-state index in [9.17, 15) is 4.79 Å². The Labute approximate surface area is 119 Å². The molecule has 2 N–H and O–H groups in total. The summed E-state index contributed by atoms with van der Waals surface area (Å²) in [5.74, 6) is 1.50. The van der Waals surface area contributed by atoms with Crippen LogP contribution < -0.4 is 5.32 Å². The predicted octanol–water partition coefficient (Wildman–Crippen LogP) is 2.36. The molecular formula is C15H23NO2S. The van der Waals surface area contributed by atoms with Gasteiger partial charge in [-0.1, -0.05) is 43.7 Å². The number of carbonyl (C=O) groups excluding carboxylic acids is 1. The Morgan fingerprint density at radius 1 is 1.32 bits per heavy atom. The first-order chi connectivity index (χ1) is 9.02. The van der Waals surface area contributed by atoms with Crippen molar-refractivity contribution in [3.63, 3.8) is 0 Å². The third kappa shape index (κ3) is 6.12. The second-order valence-electron chi connectivity index (χ2n) is 5.08. The molecule has 0 saturated heterocycles. The molecule has 0 aliphatic rings. The van der Waals surface area contributed by atoms with Crippen LogP contribution in [0.15, 0.2) is 24.3 Å². The topological polar surface area (TPSA) is 49.3 Å². The lowest BCUT2D eigenvalue weighted by Gasteiger charge is -2.19. The van der Waals surface area contributed by atoms with Crippen LogP contribution >= 0.6 is 11.8 Å². The number of nitrogens with one attached hydrogen (secondary N) is 1. The summed E-state index contributed by atoms with van der Waals surface area (Å²) in [5, 5.41) is 12.0. The molecular weight excluding hydrogens is 258 g/mol. The molecule has 0 saturated carbocycles. The van der Waals surface area contributed by atoms with Crippen molar-refractivity contribution in [3.8, 4) is 0 Å². The van der Waals surface area contributed by atoms with Gasteiger partial charge in [-0.15, -0.1) is 11.8 Å². The summed E-state index contributed by atoms with van der Waals surface area (Å²) in [6, 6.07) is 8.19. The average Bonchev–Trinajstić information content (AvgIpc) is 2.38. The zero-order chi connectivity index (χ0) is 14.3. The van der Waals surface area contributed by atoms with Gasteiger partial charge in [-0.05, 0) is 18.4 Å². The molecule has 1 atom stereocenters. The number of aliphatic hydroxyl groups is 1. The fourth-order valence-corrected chi connectivity index (χ4v) is 2.42. The third-order valence-corrected chi connectivity index (χ3v) is 3.97. The highest BCUT2D eigenvalue weighted by molar-refractivity contribution is 7.99. The number of aryl methyl sites for hydroxylation is 1. The number of hydrogen-bond donors (Lipinski definition) is 2. The maximum atomic E-state index is 11.7. The Balaban J connectivity index is 2.29. The van der Waals surface area contributed by atoms with Crippen LogP contribution in [-0.4, -0.2) is 29.4 Å². The van der Waals surface area contributed by atoms with Crippen molar-refractivity contribution in [1.82, 2.24) is 5.32 Å². The molecule has 0 radical (unpaired) electrons. The molecule has 0 spiro atoms. The van der Waals surface area contributed by atoms with Gasteiger partial charge in [0, 0.05) is 5.75 Å². The normalized spacial score (nSPS) is 12.5. The van der Waals surface area contributed by atoms with Crippen LogP contribution in [0.5, 0.6) is 0 Å². The summed E-state index contributed by atoms with van der Waals surface area (Å²) >= 11 is 1.59. The van der Waals surface area contributed by atoms with Crippen LogP contribution in [0.2, 0.25) is 0 Å². The Bertz CT molecular complexity index is 390. The summed E-state index contributed by atoms with van der Waals surface area (Å²) < 4.78 is 0. The van der Waals surface area contributed by atoms with Crippen LogP contribution in [0.1, 0.15) is 25.0 Å². The molecule has 0 fully saturated rings. The van der Waals surface area contributed by atoms with Gasteiger partial charge >= 0.3 is 0 Å². The largest absolute Gasteiger partial charge is 0.394 e. The van der Waals surface area contributed by atoms with E-state index in [4.69, 9.17) is 5.11 Å². The Hall–Kier alpha value is -1.00. The van der Waals surface area contributed by atoms with Gasteiger partial charge in [0.1, 0.15) is 0 Å². The van der Waals surface area contributed by atoms with Crippen molar-refractivity contribution in [2.75, 3.05) is 12.4 Å². The SMILES string of the molecule is Cc1ccc(CSCC(=O)N[C@H](CO)C(C)C)cc1. The molecule has 1 aromatic rings.